The van der Waals surface area contributed by atoms with E-state index in [0.29, 0.717) is 0 Å². The Balaban J connectivity index is 2.29. The Morgan fingerprint density at radius 2 is 2.06 bits per heavy atom. The van der Waals surface area contributed by atoms with Crippen LogP contribution in [0.5, 0.6) is 0 Å². The van der Waals surface area contributed by atoms with Gasteiger partial charge in [-0.15, -0.1) is 11.3 Å². The third-order valence-electron chi connectivity index (χ3n) is 2.58. The molecule has 0 atom stereocenters. The van der Waals surface area contributed by atoms with E-state index in [9.17, 15) is 0 Å². The van der Waals surface area contributed by atoms with Crippen LogP contribution in [0.4, 0.5) is 0 Å². The number of hydrogen-bond acceptors (Lipinski definition) is 3. The largest absolute Gasteiger partial charge is 0.250 e. The van der Waals surface area contributed by atoms with Gasteiger partial charge in [-0.2, -0.15) is 0 Å². The molecule has 0 spiro atoms. The first-order valence-electron chi connectivity index (χ1n) is 5.11. The Labute approximate surface area is 97.6 Å². The van der Waals surface area contributed by atoms with Crippen LogP contribution in [0.2, 0.25) is 0 Å². The number of pyridine rings is 1. The van der Waals surface area contributed by atoms with E-state index in [-0.39, 0.29) is 0 Å². The van der Waals surface area contributed by atoms with Crippen LogP contribution >= 0.6 is 11.3 Å². The molecular weight excluding hydrogens is 216 g/mol. The van der Waals surface area contributed by atoms with Crippen molar-refractivity contribution in [3.8, 4) is 10.7 Å². The lowest BCUT2D eigenvalue weighted by Gasteiger charge is -2.03. The maximum absolute atomic E-state index is 4.59. The fourth-order valence-electron chi connectivity index (χ4n) is 1.83. The summed E-state index contributed by atoms with van der Waals surface area (Å²) in [4.78, 5) is 8.88. The molecular formula is C13H10N2S. The first-order chi connectivity index (χ1) is 7.84. The van der Waals surface area contributed by atoms with Gasteiger partial charge >= 0.3 is 0 Å². The summed E-state index contributed by atoms with van der Waals surface area (Å²) in [5, 5.41) is 5.39. The fraction of sp³-hybridized carbons (Fsp3) is 0.0769. The average Bonchev–Trinajstić information content (AvgIpc) is 2.82. The van der Waals surface area contributed by atoms with Gasteiger partial charge in [0, 0.05) is 22.7 Å². The van der Waals surface area contributed by atoms with E-state index in [2.05, 4.69) is 28.2 Å². The van der Waals surface area contributed by atoms with E-state index in [1.165, 1.54) is 10.8 Å². The quantitative estimate of drug-likeness (QED) is 0.632. The van der Waals surface area contributed by atoms with Crippen molar-refractivity contribution in [1.82, 2.24) is 9.97 Å². The summed E-state index contributed by atoms with van der Waals surface area (Å²) in [5.74, 6) is 0. The second-order valence-corrected chi connectivity index (χ2v) is 4.55. The number of hydrogen-bond donors (Lipinski definition) is 0. The standard InChI is InChI=1S/C13H10N2S/c1-9-11-5-3-2-4-10(11)8-12(15-9)13-14-6-7-16-13/h2-8H,1H3. The van der Waals surface area contributed by atoms with Crippen LogP contribution in [0.3, 0.4) is 0 Å². The smallest absolute Gasteiger partial charge is 0.141 e. The minimum absolute atomic E-state index is 0.964. The van der Waals surface area contributed by atoms with Gasteiger partial charge in [-0.3, -0.25) is 0 Å². The molecule has 3 rings (SSSR count). The Morgan fingerprint density at radius 1 is 1.19 bits per heavy atom. The molecule has 0 aliphatic heterocycles. The number of thiazole rings is 1. The van der Waals surface area contributed by atoms with Crippen molar-refractivity contribution in [1.29, 1.82) is 0 Å². The van der Waals surface area contributed by atoms with Gasteiger partial charge in [-0.25, -0.2) is 9.97 Å². The second-order valence-electron chi connectivity index (χ2n) is 3.65. The Kier molecular flexibility index (Phi) is 2.18. The van der Waals surface area contributed by atoms with E-state index < -0.39 is 0 Å². The highest BCUT2D eigenvalue weighted by atomic mass is 32.1. The zero-order valence-electron chi connectivity index (χ0n) is 8.84. The van der Waals surface area contributed by atoms with Crippen LogP contribution in [0.25, 0.3) is 21.5 Å². The molecule has 3 aromatic rings. The molecule has 16 heavy (non-hydrogen) atoms. The van der Waals surface area contributed by atoms with Gasteiger partial charge in [0.05, 0.1) is 5.69 Å². The van der Waals surface area contributed by atoms with E-state index in [4.69, 9.17) is 0 Å². The van der Waals surface area contributed by atoms with E-state index in [1.54, 1.807) is 11.3 Å². The molecule has 2 aromatic heterocycles. The topological polar surface area (TPSA) is 25.8 Å². The Bertz CT molecular complexity index is 629. The predicted molar refractivity (Wildman–Crippen MR) is 67.6 cm³/mol. The Hall–Kier alpha value is -1.74. The first-order valence-corrected chi connectivity index (χ1v) is 5.99. The molecule has 0 aliphatic rings. The highest BCUT2D eigenvalue weighted by Crippen LogP contribution is 2.25. The molecule has 1 aromatic carbocycles. The van der Waals surface area contributed by atoms with Crippen LogP contribution in [-0.4, -0.2) is 9.97 Å². The van der Waals surface area contributed by atoms with Crippen LogP contribution in [0.15, 0.2) is 41.9 Å². The molecule has 0 bridgehead atoms. The SMILES string of the molecule is Cc1nc(-c2nccs2)cc2ccccc12. The summed E-state index contributed by atoms with van der Waals surface area (Å²) < 4.78 is 0. The van der Waals surface area contributed by atoms with Crippen molar-refractivity contribution in [3.05, 3.63) is 47.6 Å². The lowest BCUT2D eigenvalue weighted by atomic mass is 10.1. The highest BCUT2D eigenvalue weighted by molar-refractivity contribution is 7.13. The maximum atomic E-state index is 4.59. The molecule has 0 saturated heterocycles. The van der Waals surface area contributed by atoms with E-state index >= 15 is 0 Å². The minimum atomic E-state index is 0.964. The third-order valence-corrected chi connectivity index (χ3v) is 3.38. The first kappa shape index (κ1) is 9.48. The second kappa shape index (κ2) is 3.68. The number of benzene rings is 1. The number of nitrogens with zero attached hydrogens (tertiary/aromatic N) is 2. The van der Waals surface area contributed by atoms with Crippen molar-refractivity contribution in [2.75, 3.05) is 0 Å². The van der Waals surface area contributed by atoms with Gasteiger partial charge in [0.25, 0.3) is 0 Å². The lowest BCUT2D eigenvalue weighted by Crippen LogP contribution is -1.88. The lowest BCUT2D eigenvalue weighted by molar-refractivity contribution is 1.22. The monoisotopic (exact) mass is 226 g/mol. The molecule has 0 saturated carbocycles. The maximum Gasteiger partial charge on any atom is 0.141 e. The van der Waals surface area contributed by atoms with Crippen LogP contribution < -0.4 is 0 Å². The van der Waals surface area contributed by atoms with Gasteiger partial charge in [0.2, 0.25) is 0 Å². The van der Waals surface area contributed by atoms with Crippen LogP contribution in [-0.2, 0) is 0 Å². The van der Waals surface area contributed by atoms with E-state index in [1.807, 2.05) is 30.6 Å². The summed E-state index contributed by atoms with van der Waals surface area (Å²) in [6.45, 7) is 2.04. The molecule has 0 amide bonds. The molecule has 0 N–H and O–H groups in total. The van der Waals surface area contributed by atoms with Gasteiger partial charge < -0.3 is 0 Å². The molecule has 0 aliphatic carbocycles. The summed E-state index contributed by atoms with van der Waals surface area (Å²) >= 11 is 1.62. The van der Waals surface area contributed by atoms with Gasteiger partial charge in [0.15, 0.2) is 0 Å². The van der Waals surface area contributed by atoms with Gasteiger partial charge in [0.1, 0.15) is 5.01 Å². The molecule has 2 nitrogen and oxygen atoms in total. The van der Waals surface area contributed by atoms with E-state index in [0.717, 1.165) is 16.4 Å². The van der Waals surface area contributed by atoms with Crippen LogP contribution in [0, 0.1) is 6.92 Å². The van der Waals surface area contributed by atoms with Gasteiger partial charge in [-0.05, 0) is 18.4 Å². The zero-order chi connectivity index (χ0) is 11.0. The number of aromatic nitrogens is 2. The summed E-state index contributed by atoms with van der Waals surface area (Å²) in [7, 11) is 0. The molecule has 3 heteroatoms. The average molecular weight is 226 g/mol. The molecule has 78 valence electrons. The van der Waals surface area contributed by atoms with Gasteiger partial charge in [-0.1, -0.05) is 24.3 Å². The van der Waals surface area contributed by atoms with Crippen LogP contribution in [0.1, 0.15) is 5.69 Å². The highest BCUT2D eigenvalue weighted by Gasteiger charge is 2.05. The summed E-state index contributed by atoms with van der Waals surface area (Å²) in [6, 6.07) is 10.4. The summed E-state index contributed by atoms with van der Waals surface area (Å²) in [6.07, 6.45) is 1.81. The van der Waals surface area contributed by atoms with Crippen molar-refractivity contribution in [2.45, 2.75) is 6.92 Å². The number of rotatable bonds is 1. The van der Waals surface area contributed by atoms with Crippen molar-refractivity contribution < 1.29 is 0 Å². The number of fused-ring (bicyclic) bond motifs is 1. The van der Waals surface area contributed by atoms with Crippen molar-refractivity contribution in [3.63, 3.8) is 0 Å². The molecule has 0 unspecified atom stereocenters. The molecule has 0 radical (unpaired) electrons. The Morgan fingerprint density at radius 3 is 2.88 bits per heavy atom. The predicted octanol–water partition coefficient (Wildman–Crippen LogP) is 3.67. The van der Waals surface area contributed by atoms with Crippen molar-refractivity contribution in [2.24, 2.45) is 0 Å². The molecule has 2 heterocycles. The third kappa shape index (κ3) is 1.49. The van der Waals surface area contributed by atoms with Crippen molar-refractivity contribution >= 4 is 22.1 Å². The zero-order valence-corrected chi connectivity index (χ0v) is 9.66. The number of aryl methyl sites for hydroxylation is 1. The molecule has 0 fully saturated rings. The fourth-order valence-corrected chi connectivity index (χ4v) is 2.43. The summed E-state index contributed by atoms with van der Waals surface area (Å²) in [5.41, 5.74) is 2.02. The normalized spacial score (nSPS) is 10.8. The minimum Gasteiger partial charge on any atom is -0.250 e.